The number of amides is 4. The SMILES string of the molecule is CCCC(=O)Nc1ccc2c(c1)C(COC(=O)ON1C(=O)CCC1=O)c1cc(NC(=O)CO)ccc1-2. The van der Waals surface area contributed by atoms with Crippen molar-refractivity contribution in [2.24, 2.45) is 0 Å². The molecule has 4 amide bonds. The molecule has 1 fully saturated rings. The summed E-state index contributed by atoms with van der Waals surface area (Å²) in [6, 6.07) is 10.6. The lowest BCUT2D eigenvalue weighted by Crippen LogP contribution is -2.32. The molecule has 1 saturated heterocycles. The number of hydroxylamine groups is 2. The van der Waals surface area contributed by atoms with Crippen LogP contribution in [0.4, 0.5) is 16.2 Å². The molecular formula is C25H25N3O8. The smallest absolute Gasteiger partial charge is 0.432 e. The van der Waals surface area contributed by atoms with Gasteiger partial charge < -0.3 is 20.5 Å². The van der Waals surface area contributed by atoms with Crippen molar-refractivity contribution < 1.29 is 38.7 Å². The van der Waals surface area contributed by atoms with Crippen LogP contribution in [0.2, 0.25) is 0 Å². The second kappa shape index (κ2) is 10.6. The lowest BCUT2D eigenvalue weighted by molar-refractivity contribution is -0.177. The van der Waals surface area contributed by atoms with Crippen LogP contribution in [-0.4, -0.2) is 53.2 Å². The maximum atomic E-state index is 12.3. The highest BCUT2D eigenvalue weighted by Gasteiger charge is 2.35. The molecule has 0 saturated carbocycles. The fraction of sp³-hybridized carbons (Fsp3) is 0.320. The fourth-order valence-electron chi connectivity index (χ4n) is 4.26. The zero-order chi connectivity index (χ0) is 25.8. The molecule has 1 aliphatic heterocycles. The molecule has 4 rings (SSSR count). The molecule has 2 aromatic rings. The first-order chi connectivity index (χ1) is 17.3. The van der Waals surface area contributed by atoms with Crippen molar-refractivity contribution in [2.75, 3.05) is 23.8 Å². The Morgan fingerprint density at radius 3 is 2.03 bits per heavy atom. The number of aliphatic hydroxyl groups is 1. The zero-order valence-corrected chi connectivity index (χ0v) is 19.5. The summed E-state index contributed by atoms with van der Waals surface area (Å²) in [7, 11) is 0. The second-order valence-electron chi connectivity index (χ2n) is 8.40. The van der Waals surface area contributed by atoms with E-state index in [1.54, 1.807) is 30.3 Å². The van der Waals surface area contributed by atoms with Gasteiger partial charge in [-0.3, -0.25) is 24.0 Å². The molecule has 11 heteroatoms. The lowest BCUT2D eigenvalue weighted by atomic mass is 9.97. The minimum Gasteiger partial charge on any atom is -0.432 e. The van der Waals surface area contributed by atoms with Crippen molar-refractivity contribution in [3.8, 4) is 11.1 Å². The van der Waals surface area contributed by atoms with E-state index in [-0.39, 0.29) is 25.4 Å². The number of anilines is 2. The maximum Gasteiger partial charge on any atom is 0.533 e. The highest BCUT2D eigenvalue weighted by Crippen LogP contribution is 2.47. The number of carbonyl (C=O) groups excluding carboxylic acids is 5. The summed E-state index contributed by atoms with van der Waals surface area (Å²) in [6.07, 6.45) is -0.206. The normalized spacial score (nSPS) is 15.8. The van der Waals surface area contributed by atoms with E-state index in [0.717, 1.165) is 22.3 Å². The van der Waals surface area contributed by atoms with Gasteiger partial charge in [-0.15, -0.1) is 0 Å². The number of nitrogens with one attached hydrogen (secondary N) is 2. The monoisotopic (exact) mass is 495 g/mol. The van der Waals surface area contributed by atoms with Crippen molar-refractivity contribution in [3.05, 3.63) is 47.5 Å². The molecule has 0 aromatic heterocycles. The number of nitrogens with zero attached hydrogens (tertiary/aromatic N) is 1. The van der Waals surface area contributed by atoms with Gasteiger partial charge in [-0.1, -0.05) is 24.1 Å². The van der Waals surface area contributed by atoms with Gasteiger partial charge in [0.2, 0.25) is 11.8 Å². The summed E-state index contributed by atoms with van der Waals surface area (Å²) in [4.78, 5) is 64.3. The molecule has 1 unspecified atom stereocenters. The first-order valence-corrected chi connectivity index (χ1v) is 11.5. The third-order valence-corrected chi connectivity index (χ3v) is 5.87. The van der Waals surface area contributed by atoms with Gasteiger partial charge in [0.05, 0.1) is 0 Å². The van der Waals surface area contributed by atoms with Crippen molar-refractivity contribution in [1.29, 1.82) is 0 Å². The average Bonchev–Trinajstić information content (AvgIpc) is 3.33. The summed E-state index contributed by atoms with van der Waals surface area (Å²) in [5, 5.41) is 14.9. The second-order valence-corrected chi connectivity index (χ2v) is 8.40. The van der Waals surface area contributed by atoms with Gasteiger partial charge in [0.1, 0.15) is 13.2 Å². The van der Waals surface area contributed by atoms with E-state index in [1.165, 1.54) is 0 Å². The van der Waals surface area contributed by atoms with Gasteiger partial charge in [-0.05, 0) is 52.9 Å². The number of ether oxygens (including phenoxy) is 1. The van der Waals surface area contributed by atoms with Gasteiger partial charge in [-0.25, -0.2) is 4.79 Å². The van der Waals surface area contributed by atoms with E-state index in [9.17, 15) is 24.0 Å². The van der Waals surface area contributed by atoms with Crippen LogP contribution in [0, 0.1) is 0 Å². The van der Waals surface area contributed by atoms with Gasteiger partial charge in [0, 0.05) is 36.6 Å². The number of carbonyl (C=O) groups is 5. The quantitative estimate of drug-likeness (QED) is 0.373. The minimum absolute atomic E-state index is 0.0373. The highest BCUT2D eigenvalue weighted by atomic mass is 16.8. The number of rotatable bonds is 8. The molecule has 0 spiro atoms. The van der Waals surface area contributed by atoms with Crippen LogP contribution in [0.25, 0.3) is 11.1 Å². The first kappa shape index (κ1) is 24.9. The maximum absolute atomic E-state index is 12.3. The molecule has 1 atom stereocenters. The summed E-state index contributed by atoms with van der Waals surface area (Å²) in [5.41, 5.74) is 4.22. The summed E-state index contributed by atoms with van der Waals surface area (Å²) in [6.45, 7) is 1.03. The predicted molar refractivity (Wildman–Crippen MR) is 126 cm³/mol. The van der Waals surface area contributed by atoms with Crippen LogP contribution in [0.5, 0.6) is 0 Å². The largest absolute Gasteiger partial charge is 0.533 e. The molecule has 0 radical (unpaired) electrons. The van der Waals surface area contributed by atoms with E-state index >= 15 is 0 Å². The van der Waals surface area contributed by atoms with Crippen molar-refractivity contribution in [1.82, 2.24) is 5.06 Å². The van der Waals surface area contributed by atoms with Crippen LogP contribution < -0.4 is 10.6 Å². The molecule has 1 aliphatic carbocycles. The molecule has 1 heterocycles. The topological polar surface area (TPSA) is 151 Å². The number of fused-ring (bicyclic) bond motifs is 3. The first-order valence-electron chi connectivity index (χ1n) is 11.5. The fourth-order valence-corrected chi connectivity index (χ4v) is 4.26. The number of hydrogen-bond donors (Lipinski definition) is 3. The van der Waals surface area contributed by atoms with Crippen LogP contribution >= 0.6 is 0 Å². The average molecular weight is 495 g/mol. The van der Waals surface area contributed by atoms with E-state index in [1.807, 2.05) is 13.0 Å². The molecule has 0 bridgehead atoms. The van der Waals surface area contributed by atoms with Crippen molar-refractivity contribution >= 4 is 41.2 Å². The van der Waals surface area contributed by atoms with E-state index in [0.29, 0.717) is 29.3 Å². The molecule has 2 aliphatic rings. The molecule has 188 valence electrons. The van der Waals surface area contributed by atoms with Gasteiger partial charge >= 0.3 is 6.16 Å². The summed E-state index contributed by atoms with van der Waals surface area (Å²) in [5.74, 6) is -2.45. The van der Waals surface area contributed by atoms with Crippen LogP contribution in [0.15, 0.2) is 36.4 Å². The number of imide groups is 1. The predicted octanol–water partition coefficient (Wildman–Crippen LogP) is 2.69. The zero-order valence-electron chi connectivity index (χ0n) is 19.5. The van der Waals surface area contributed by atoms with Crippen LogP contribution in [0.3, 0.4) is 0 Å². The molecule has 11 nitrogen and oxygen atoms in total. The standard InChI is InChI=1S/C25H25N3O8/c1-2-3-21(30)26-14-4-6-16-17-7-5-15(27-22(31)12-29)11-19(17)20(18(16)10-14)13-35-25(34)36-28-23(32)8-9-24(28)33/h4-7,10-11,20,29H,2-3,8-9,12-13H2,1H3,(H,26,30)(H,27,31). The Morgan fingerprint density at radius 2 is 1.50 bits per heavy atom. The Bertz CT molecular complexity index is 1230. The Hall–Kier alpha value is -4.25. The van der Waals surface area contributed by atoms with E-state index in [2.05, 4.69) is 10.6 Å². The number of aliphatic hydroxyl groups excluding tert-OH is 1. The number of hydrogen-bond acceptors (Lipinski definition) is 8. The van der Waals surface area contributed by atoms with Crippen molar-refractivity contribution in [2.45, 2.75) is 38.5 Å². The van der Waals surface area contributed by atoms with Gasteiger partial charge in [0.25, 0.3) is 11.8 Å². The molecule has 36 heavy (non-hydrogen) atoms. The van der Waals surface area contributed by atoms with Gasteiger partial charge in [0.15, 0.2) is 0 Å². The Kier molecular flexibility index (Phi) is 7.30. The number of benzene rings is 2. The lowest BCUT2D eigenvalue weighted by Gasteiger charge is -2.17. The Labute approximate surface area is 206 Å². The van der Waals surface area contributed by atoms with Gasteiger partial charge in [-0.2, -0.15) is 0 Å². The molecule has 2 aromatic carbocycles. The van der Waals surface area contributed by atoms with Crippen LogP contribution in [0.1, 0.15) is 49.7 Å². The summed E-state index contributed by atoms with van der Waals surface area (Å²) >= 11 is 0. The third-order valence-electron chi connectivity index (χ3n) is 5.87. The van der Waals surface area contributed by atoms with E-state index in [4.69, 9.17) is 14.7 Å². The van der Waals surface area contributed by atoms with Crippen molar-refractivity contribution in [3.63, 3.8) is 0 Å². The molecular weight excluding hydrogens is 470 g/mol. The third kappa shape index (κ3) is 5.20. The minimum atomic E-state index is -1.20. The van der Waals surface area contributed by atoms with Crippen LogP contribution in [-0.2, 0) is 28.8 Å². The Balaban J connectivity index is 1.59. The summed E-state index contributed by atoms with van der Waals surface area (Å²) < 4.78 is 5.28. The highest BCUT2D eigenvalue weighted by molar-refractivity contribution is 6.01. The Morgan fingerprint density at radius 1 is 0.944 bits per heavy atom. The van der Waals surface area contributed by atoms with E-state index < -0.39 is 36.4 Å². The molecule has 3 N–H and O–H groups in total.